The molecule has 3 N–H and O–H groups in total. The van der Waals surface area contributed by atoms with Crippen LogP contribution in [0.3, 0.4) is 0 Å². The standard InChI is InChI=1S/C18H37N5O.HI/c1-5-7-12-23-13-8-16(9-14-23)22-18(19-6-2)21-11-10-20-17(24)15(3)4;/h15-16H,5-14H2,1-4H3,(H,20,24)(H2,19,21,22);1H. The second kappa shape index (κ2) is 14.6. The molecule has 6 nitrogen and oxygen atoms in total. The number of aliphatic imine (C=N–C) groups is 1. The maximum absolute atomic E-state index is 11.5. The average Bonchev–Trinajstić information content (AvgIpc) is 2.57. The van der Waals surface area contributed by atoms with Crippen molar-refractivity contribution in [3.05, 3.63) is 0 Å². The maximum atomic E-state index is 11.5. The molecule has 1 saturated heterocycles. The van der Waals surface area contributed by atoms with Crippen LogP contribution in [0.4, 0.5) is 0 Å². The van der Waals surface area contributed by atoms with Gasteiger partial charge in [-0.05, 0) is 32.7 Å². The van der Waals surface area contributed by atoms with Gasteiger partial charge in [0.15, 0.2) is 5.96 Å². The van der Waals surface area contributed by atoms with Gasteiger partial charge in [-0.1, -0.05) is 27.2 Å². The second-order valence-corrected chi connectivity index (χ2v) is 6.82. The highest BCUT2D eigenvalue weighted by Crippen LogP contribution is 2.11. The van der Waals surface area contributed by atoms with E-state index in [2.05, 4.69) is 39.7 Å². The van der Waals surface area contributed by atoms with Gasteiger partial charge in [0, 0.05) is 38.1 Å². The van der Waals surface area contributed by atoms with E-state index in [1.54, 1.807) is 0 Å². The van der Waals surface area contributed by atoms with Crippen molar-refractivity contribution in [3.63, 3.8) is 0 Å². The van der Waals surface area contributed by atoms with Gasteiger partial charge >= 0.3 is 0 Å². The number of hydrogen-bond acceptors (Lipinski definition) is 3. The predicted octanol–water partition coefficient (Wildman–Crippen LogP) is 2.20. The van der Waals surface area contributed by atoms with E-state index in [9.17, 15) is 4.79 Å². The smallest absolute Gasteiger partial charge is 0.222 e. The number of amides is 1. The Morgan fingerprint density at radius 3 is 2.44 bits per heavy atom. The van der Waals surface area contributed by atoms with Crippen molar-refractivity contribution in [2.45, 2.75) is 59.4 Å². The molecule has 1 heterocycles. The van der Waals surface area contributed by atoms with Crippen LogP contribution >= 0.6 is 24.0 Å². The number of carbonyl (C=O) groups excluding carboxylic acids is 1. The van der Waals surface area contributed by atoms with Crippen molar-refractivity contribution >= 4 is 35.8 Å². The van der Waals surface area contributed by atoms with E-state index in [0.717, 1.165) is 25.3 Å². The van der Waals surface area contributed by atoms with Crippen LogP contribution in [0, 0.1) is 5.92 Å². The van der Waals surface area contributed by atoms with Crippen molar-refractivity contribution in [1.29, 1.82) is 0 Å². The molecule has 1 aliphatic rings. The summed E-state index contributed by atoms with van der Waals surface area (Å²) >= 11 is 0. The first-order valence-electron chi connectivity index (χ1n) is 9.61. The van der Waals surface area contributed by atoms with Crippen molar-refractivity contribution in [2.75, 3.05) is 39.3 Å². The number of carbonyl (C=O) groups is 1. The van der Waals surface area contributed by atoms with Crippen LogP contribution in [-0.2, 0) is 4.79 Å². The van der Waals surface area contributed by atoms with Gasteiger partial charge in [-0.2, -0.15) is 0 Å². The van der Waals surface area contributed by atoms with Gasteiger partial charge in [0.25, 0.3) is 0 Å². The largest absolute Gasteiger partial charge is 0.357 e. The molecule has 0 atom stereocenters. The Hall–Kier alpha value is -0.570. The molecule has 0 bridgehead atoms. The van der Waals surface area contributed by atoms with Gasteiger partial charge in [-0.25, -0.2) is 0 Å². The lowest BCUT2D eigenvalue weighted by Crippen LogP contribution is -2.49. The molecule has 0 saturated carbocycles. The molecule has 0 aromatic heterocycles. The average molecular weight is 467 g/mol. The van der Waals surface area contributed by atoms with Crippen molar-refractivity contribution < 1.29 is 4.79 Å². The summed E-state index contributed by atoms with van der Waals surface area (Å²) in [6.45, 7) is 13.7. The monoisotopic (exact) mass is 467 g/mol. The molecule has 0 aromatic carbocycles. The topological polar surface area (TPSA) is 68.8 Å². The Morgan fingerprint density at radius 1 is 1.20 bits per heavy atom. The molecule has 1 amide bonds. The molecule has 1 rings (SSSR count). The van der Waals surface area contributed by atoms with Crippen molar-refractivity contribution in [1.82, 2.24) is 20.9 Å². The molecular weight excluding hydrogens is 429 g/mol. The lowest BCUT2D eigenvalue weighted by molar-refractivity contribution is -0.123. The van der Waals surface area contributed by atoms with Gasteiger partial charge in [0.2, 0.25) is 5.91 Å². The number of piperidine rings is 1. The SMILES string of the molecule is CCCCN1CCC(NC(=NCCNC(=O)C(C)C)NCC)CC1.I. The summed E-state index contributed by atoms with van der Waals surface area (Å²) in [6, 6.07) is 0.492. The fourth-order valence-electron chi connectivity index (χ4n) is 2.75. The minimum Gasteiger partial charge on any atom is -0.357 e. The quantitative estimate of drug-likeness (QED) is 0.211. The summed E-state index contributed by atoms with van der Waals surface area (Å²) in [5.74, 6) is 0.976. The highest BCUT2D eigenvalue weighted by atomic mass is 127. The zero-order valence-corrected chi connectivity index (χ0v) is 18.8. The van der Waals surface area contributed by atoms with E-state index < -0.39 is 0 Å². The summed E-state index contributed by atoms with van der Waals surface area (Å²) in [7, 11) is 0. The first-order valence-corrected chi connectivity index (χ1v) is 9.61. The Balaban J connectivity index is 0.00000576. The highest BCUT2D eigenvalue weighted by Gasteiger charge is 2.19. The third-order valence-corrected chi connectivity index (χ3v) is 4.31. The Kier molecular flexibility index (Phi) is 14.3. The van der Waals surface area contributed by atoms with Crippen molar-refractivity contribution in [3.8, 4) is 0 Å². The number of nitrogens with one attached hydrogen (secondary N) is 3. The predicted molar refractivity (Wildman–Crippen MR) is 117 cm³/mol. The number of unbranched alkanes of at least 4 members (excludes halogenated alkanes) is 1. The molecule has 0 aromatic rings. The fraction of sp³-hybridized carbons (Fsp3) is 0.889. The van der Waals surface area contributed by atoms with Gasteiger partial charge < -0.3 is 20.9 Å². The number of guanidine groups is 1. The molecule has 0 unspecified atom stereocenters. The van der Waals surface area contributed by atoms with Gasteiger partial charge in [-0.3, -0.25) is 9.79 Å². The van der Waals surface area contributed by atoms with E-state index >= 15 is 0 Å². The number of halogens is 1. The highest BCUT2D eigenvalue weighted by molar-refractivity contribution is 14.0. The van der Waals surface area contributed by atoms with Crippen LogP contribution in [0.2, 0.25) is 0 Å². The number of likely N-dealkylation sites (tertiary alicyclic amines) is 1. The van der Waals surface area contributed by atoms with Gasteiger partial charge in [0.1, 0.15) is 0 Å². The first-order chi connectivity index (χ1) is 11.6. The van der Waals surface area contributed by atoms with E-state index in [-0.39, 0.29) is 35.8 Å². The summed E-state index contributed by atoms with van der Waals surface area (Å²) in [5.41, 5.74) is 0. The minimum atomic E-state index is 0. The van der Waals surface area contributed by atoms with Crippen LogP contribution in [0.25, 0.3) is 0 Å². The third-order valence-electron chi connectivity index (χ3n) is 4.31. The van der Waals surface area contributed by atoms with Crippen LogP contribution in [-0.4, -0.2) is 62.1 Å². The molecule has 148 valence electrons. The summed E-state index contributed by atoms with van der Waals surface area (Å²) in [6.07, 6.45) is 4.89. The lowest BCUT2D eigenvalue weighted by atomic mass is 10.0. The summed E-state index contributed by atoms with van der Waals surface area (Å²) < 4.78 is 0. The Labute approximate surface area is 171 Å². The zero-order valence-electron chi connectivity index (χ0n) is 16.4. The number of rotatable bonds is 9. The van der Waals surface area contributed by atoms with Crippen LogP contribution in [0.5, 0.6) is 0 Å². The minimum absolute atomic E-state index is 0. The van der Waals surface area contributed by atoms with Crippen LogP contribution in [0.15, 0.2) is 4.99 Å². The van der Waals surface area contributed by atoms with Gasteiger partial charge in [0.05, 0.1) is 6.54 Å². The summed E-state index contributed by atoms with van der Waals surface area (Å²) in [5, 5.41) is 9.74. The number of hydrogen-bond donors (Lipinski definition) is 3. The van der Waals surface area contributed by atoms with Crippen LogP contribution < -0.4 is 16.0 Å². The normalized spacial score (nSPS) is 16.4. The molecule has 1 aliphatic heterocycles. The zero-order chi connectivity index (χ0) is 17.8. The van der Waals surface area contributed by atoms with Crippen LogP contribution in [0.1, 0.15) is 53.4 Å². The lowest BCUT2D eigenvalue weighted by Gasteiger charge is -2.33. The number of nitrogens with zero attached hydrogens (tertiary/aromatic N) is 2. The van der Waals surface area contributed by atoms with E-state index in [0.29, 0.717) is 19.1 Å². The molecular formula is C18H38IN5O. The van der Waals surface area contributed by atoms with E-state index in [4.69, 9.17) is 0 Å². The molecule has 0 spiro atoms. The molecule has 0 aliphatic carbocycles. The van der Waals surface area contributed by atoms with E-state index in [1.165, 1.54) is 32.5 Å². The molecule has 1 fully saturated rings. The third kappa shape index (κ3) is 10.9. The molecule has 25 heavy (non-hydrogen) atoms. The molecule has 0 radical (unpaired) electrons. The Bertz CT molecular complexity index is 382. The van der Waals surface area contributed by atoms with E-state index in [1.807, 2.05) is 13.8 Å². The fourth-order valence-corrected chi connectivity index (χ4v) is 2.75. The molecule has 7 heteroatoms. The second-order valence-electron chi connectivity index (χ2n) is 6.82. The Morgan fingerprint density at radius 2 is 1.88 bits per heavy atom. The summed E-state index contributed by atoms with van der Waals surface area (Å²) in [4.78, 5) is 18.7. The van der Waals surface area contributed by atoms with Gasteiger partial charge in [-0.15, -0.1) is 24.0 Å². The van der Waals surface area contributed by atoms with Crippen molar-refractivity contribution in [2.24, 2.45) is 10.9 Å². The maximum Gasteiger partial charge on any atom is 0.222 e. The first kappa shape index (κ1) is 24.4.